The molecule has 6 nitrogen and oxygen atoms in total. The standard InChI is InChI=1S/C10H11BrN4O2/c1-3-6-5(4-15(2)14-6)8-12-9(16)7(11)10(17)13-8/h4H,3H2,1-2H3,(H2,12,13,16,17). The van der Waals surface area contributed by atoms with Gasteiger partial charge in [-0.1, -0.05) is 6.92 Å². The number of aromatic hydroxyl groups is 1. The number of hydrogen-bond donors (Lipinski definition) is 2. The third kappa shape index (κ3) is 2.10. The van der Waals surface area contributed by atoms with Crippen LogP contribution in [0.1, 0.15) is 12.6 Å². The average molecular weight is 299 g/mol. The number of aryl methyl sites for hydroxylation is 2. The van der Waals surface area contributed by atoms with Gasteiger partial charge in [-0.2, -0.15) is 10.1 Å². The van der Waals surface area contributed by atoms with Gasteiger partial charge in [-0.05, 0) is 22.4 Å². The van der Waals surface area contributed by atoms with Crippen molar-refractivity contribution in [1.29, 1.82) is 0 Å². The molecule has 2 N–H and O–H groups in total. The van der Waals surface area contributed by atoms with Crippen molar-refractivity contribution in [3.05, 3.63) is 26.7 Å². The van der Waals surface area contributed by atoms with Crippen LogP contribution >= 0.6 is 15.9 Å². The van der Waals surface area contributed by atoms with Gasteiger partial charge in [0.2, 0.25) is 5.88 Å². The van der Waals surface area contributed by atoms with Gasteiger partial charge in [0.1, 0.15) is 10.3 Å². The number of H-pyrrole nitrogens is 1. The van der Waals surface area contributed by atoms with Gasteiger partial charge < -0.3 is 10.1 Å². The van der Waals surface area contributed by atoms with Gasteiger partial charge in [0.25, 0.3) is 5.56 Å². The molecule has 0 bridgehead atoms. The van der Waals surface area contributed by atoms with Gasteiger partial charge in [-0.25, -0.2) is 0 Å². The molecule has 0 amide bonds. The highest BCUT2D eigenvalue weighted by molar-refractivity contribution is 9.10. The predicted octanol–water partition coefficient (Wildman–Crippen LogP) is 1.20. The SMILES string of the molecule is CCc1nn(C)cc1-c1nc(O)c(Br)c(=O)[nH]1. The first-order chi connectivity index (χ1) is 8.02. The normalized spacial score (nSPS) is 10.8. The molecular formula is C10H11BrN4O2. The quantitative estimate of drug-likeness (QED) is 0.872. The van der Waals surface area contributed by atoms with Gasteiger partial charge in [-0.15, -0.1) is 0 Å². The van der Waals surface area contributed by atoms with E-state index in [-0.39, 0.29) is 10.4 Å². The summed E-state index contributed by atoms with van der Waals surface area (Å²) in [6.07, 6.45) is 2.47. The Hall–Kier alpha value is -1.63. The first kappa shape index (κ1) is 11.8. The zero-order chi connectivity index (χ0) is 12.6. The Kier molecular flexibility index (Phi) is 3.01. The number of nitrogens with one attached hydrogen (secondary N) is 1. The highest BCUT2D eigenvalue weighted by Crippen LogP contribution is 2.23. The molecule has 7 heteroatoms. The van der Waals surface area contributed by atoms with Gasteiger partial charge in [0.15, 0.2) is 0 Å². The van der Waals surface area contributed by atoms with E-state index >= 15 is 0 Å². The number of aromatic nitrogens is 4. The molecule has 2 aromatic rings. The van der Waals surface area contributed by atoms with E-state index in [9.17, 15) is 9.90 Å². The van der Waals surface area contributed by atoms with Crippen LogP contribution in [0.25, 0.3) is 11.4 Å². The molecule has 2 heterocycles. The van der Waals surface area contributed by atoms with Gasteiger partial charge in [0, 0.05) is 13.2 Å². The molecule has 0 fully saturated rings. The fraction of sp³-hybridized carbons (Fsp3) is 0.300. The Balaban J connectivity index is 2.64. The molecule has 2 aromatic heterocycles. The maximum absolute atomic E-state index is 11.5. The highest BCUT2D eigenvalue weighted by Gasteiger charge is 2.14. The minimum Gasteiger partial charge on any atom is -0.492 e. The molecule has 0 aliphatic heterocycles. The van der Waals surface area contributed by atoms with Gasteiger partial charge >= 0.3 is 0 Å². The molecule has 0 aromatic carbocycles. The highest BCUT2D eigenvalue weighted by atomic mass is 79.9. The fourth-order valence-corrected chi connectivity index (χ4v) is 1.76. The third-order valence-corrected chi connectivity index (χ3v) is 3.06. The monoisotopic (exact) mass is 298 g/mol. The summed E-state index contributed by atoms with van der Waals surface area (Å²) >= 11 is 2.95. The van der Waals surface area contributed by atoms with Crippen LogP contribution in [0.15, 0.2) is 15.5 Å². The predicted molar refractivity (Wildman–Crippen MR) is 65.8 cm³/mol. The van der Waals surface area contributed by atoms with Crippen molar-refractivity contribution in [3.63, 3.8) is 0 Å². The van der Waals surface area contributed by atoms with E-state index in [1.54, 1.807) is 17.9 Å². The topological polar surface area (TPSA) is 83.8 Å². The van der Waals surface area contributed by atoms with Crippen LogP contribution in [0.2, 0.25) is 0 Å². The van der Waals surface area contributed by atoms with Crippen molar-refractivity contribution >= 4 is 15.9 Å². The second-order valence-electron chi connectivity index (χ2n) is 3.57. The molecule has 0 atom stereocenters. The number of nitrogens with zero attached hydrogens (tertiary/aromatic N) is 3. The minimum atomic E-state index is -0.418. The summed E-state index contributed by atoms with van der Waals surface area (Å²) in [4.78, 5) is 18.0. The fourth-order valence-electron chi connectivity index (χ4n) is 1.57. The summed E-state index contributed by atoms with van der Waals surface area (Å²) in [5, 5.41) is 13.8. The van der Waals surface area contributed by atoms with Crippen molar-refractivity contribution in [1.82, 2.24) is 19.7 Å². The third-order valence-electron chi connectivity index (χ3n) is 2.34. The van der Waals surface area contributed by atoms with Crippen LogP contribution in [-0.2, 0) is 13.5 Å². The lowest BCUT2D eigenvalue weighted by Gasteiger charge is -2.01. The Labute approximate surface area is 105 Å². The molecule has 0 radical (unpaired) electrons. The molecule has 0 aliphatic carbocycles. The summed E-state index contributed by atoms with van der Waals surface area (Å²) in [5.41, 5.74) is 1.12. The number of hydrogen-bond acceptors (Lipinski definition) is 4. The summed E-state index contributed by atoms with van der Waals surface area (Å²) in [7, 11) is 1.79. The molecule has 0 aliphatic rings. The summed E-state index contributed by atoms with van der Waals surface area (Å²) in [5.74, 6) is -0.00435. The van der Waals surface area contributed by atoms with Crippen LogP contribution in [-0.4, -0.2) is 24.9 Å². The van der Waals surface area contributed by atoms with Crippen molar-refractivity contribution in [2.24, 2.45) is 7.05 Å². The van der Waals surface area contributed by atoms with Gasteiger partial charge in [0.05, 0.1) is 11.3 Å². The molecular weight excluding hydrogens is 288 g/mol. The van der Waals surface area contributed by atoms with E-state index in [0.29, 0.717) is 5.82 Å². The molecule has 0 saturated carbocycles. The maximum Gasteiger partial charge on any atom is 0.269 e. The molecule has 90 valence electrons. The molecule has 0 spiro atoms. The Morgan fingerprint density at radius 3 is 2.88 bits per heavy atom. The lowest BCUT2D eigenvalue weighted by molar-refractivity contribution is 0.448. The largest absolute Gasteiger partial charge is 0.492 e. The van der Waals surface area contributed by atoms with Crippen LogP contribution in [0.5, 0.6) is 5.88 Å². The average Bonchev–Trinajstić information content (AvgIpc) is 2.66. The van der Waals surface area contributed by atoms with E-state index in [2.05, 4.69) is 31.0 Å². The Morgan fingerprint density at radius 2 is 2.29 bits per heavy atom. The first-order valence-corrected chi connectivity index (χ1v) is 5.84. The van der Waals surface area contributed by atoms with Crippen molar-refractivity contribution in [2.45, 2.75) is 13.3 Å². The summed E-state index contributed by atoms with van der Waals surface area (Å²) in [6.45, 7) is 1.96. The lowest BCUT2D eigenvalue weighted by atomic mass is 10.2. The molecule has 2 rings (SSSR count). The number of halogens is 1. The minimum absolute atomic E-state index is 0.0307. The Bertz CT molecular complexity index is 617. The second-order valence-corrected chi connectivity index (χ2v) is 4.36. The van der Waals surface area contributed by atoms with Crippen molar-refractivity contribution in [3.8, 4) is 17.3 Å². The molecule has 0 unspecified atom stereocenters. The van der Waals surface area contributed by atoms with Crippen LogP contribution < -0.4 is 5.56 Å². The maximum atomic E-state index is 11.5. The van der Waals surface area contributed by atoms with Crippen LogP contribution in [0.4, 0.5) is 0 Å². The zero-order valence-corrected chi connectivity index (χ0v) is 10.9. The number of aromatic amines is 1. The van der Waals surface area contributed by atoms with Crippen LogP contribution in [0.3, 0.4) is 0 Å². The lowest BCUT2D eigenvalue weighted by Crippen LogP contribution is -2.10. The number of rotatable bonds is 2. The zero-order valence-electron chi connectivity index (χ0n) is 9.36. The summed E-state index contributed by atoms with van der Waals surface area (Å²) in [6, 6.07) is 0. The van der Waals surface area contributed by atoms with E-state index in [1.807, 2.05) is 6.92 Å². The van der Waals surface area contributed by atoms with E-state index in [1.165, 1.54) is 0 Å². The van der Waals surface area contributed by atoms with E-state index in [0.717, 1.165) is 17.7 Å². The van der Waals surface area contributed by atoms with Crippen molar-refractivity contribution in [2.75, 3.05) is 0 Å². The summed E-state index contributed by atoms with van der Waals surface area (Å²) < 4.78 is 1.68. The van der Waals surface area contributed by atoms with E-state index in [4.69, 9.17) is 0 Å². The first-order valence-electron chi connectivity index (χ1n) is 5.04. The van der Waals surface area contributed by atoms with E-state index < -0.39 is 5.56 Å². The second kappa shape index (κ2) is 4.33. The van der Waals surface area contributed by atoms with Crippen LogP contribution in [0, 0.1) is 0 Å². The van der Waals surface area contributed by atoms with Crippen molar-refractivity contribution < 1.29 is 5.11 Å². The Morgan fingerprint density at radius 1 is 1.59 bits per heavy atom. The molecule has 17 heavy (non-hydrogen) atoms. The smallest absolute Gasteiger partial charge is 0.269 e. The van der Waals surface area contributed by atoms with Gasteiger partial charge in [-0.3, -0.25) is 9.48 Å². The molecule has 0 saturated heterocycles.